The Morgan fingerprint density at radius 1 is 1.50 bits per heavy atom. The third-order valence-corrected chi connectivity index (χ3v) is 4.11. The predicted octanol–water partition coefficient (Wildman–Crippen LogP) is -0.464. The Labute approximate surface area is 121 Å². The van der Waals surface area contributed by atoms with Crippen LogP contribution in [0.3, 0.4) is 0 Å². The molecule has 0 bridgehead atoms. The topological polar surface area (TPSA) is 119 Å². The van der Waals surface area contributed by atoms with Gasteiger partial charge in [-0.2, -0.15) is 8.42 Å². The van der Waals surface area contributed by atoms with Crippen molar-refractivity contribution in [3.63, 3.8) is 0 Å². The fraction of sp³-hybridized carbons (Fsp3) is 0.917. The van der Waals surface area contributed by atoms with E-state index in [-0.39, 0.29) is 24.4 Å². The molecule has 5 N–H and O–H groups in total. The van der Waals surface area contributed by atoms with Crippen LogP contribution in [0.15, 0.2) is 0 Å². The van der Waals surface area contributed by atoms with Crippen molar-refractivity contribution in [2.75, 3.05) is 19.6 Å². The average molecular weight is 306 g/mol. The molecule has 1 amide bonds. The van der Waals surface area contributed by atoms with Gasteiger partial charge in [0.1, 0.15) is 0 Å². The molecule has 0 aliphatic carbocycles. The average Bonchev–Trinajstić information content (AvgIpc) is 2.36. The Hall–Kier alpha value is -0.700. The van der Waals surface area contributed by atoms with Crippen molar-refractivity contribution in [2.45, 2.75) is 45.1 Å². The van der Waals surface area contributed by atoms with Gasteiger partial charge in [0.2, 0.25) is 5.91 Å². The van der Waals surface area contributed by atoms with E-state index in [2.05, 4.69) is 4.72 Å². The van der Waals surface area contributed by atoms with Crippen molar-refractivity contribution in [2.24, 2.45) is 16.8 Å². The minimum atomic E-state index is -3.66. The number of nitrogens with two attached hydrogens (primary N) is 2. The molecule has 1 saturated heterocycles. The van der Waals surface area contributed by atoms with Gasteiger partial charge in [-0.05, 0) is 25.2 Å². The first-order valence-electron chi connectivity index (χ1n) is 7.12. The van der Waals surface area contributed by atoms with Crippen LogP contribution in [0.4, 0.5) is 0 Å². The van der Waals surface area contributed by atoms with E-state index in [4.69, 9.17) is 10.9 Å². The highest BCUT2D eigenvalue weighted by Crippen LogP contribution is 2.17. The molecule has 0 saturated carbocycles. The highest BCUT2D eigenvalue weighted by Gasteiger charge is 2.25. The molecule has 0 radical (unpaired) electrons. The van der Waals surface area contributed by atoms with Crippen LogP contribution < -0.4 is 15.6 Å². The standard InChI is InChI=1S/C12H26N4O3S/c1-2-4-11(13)7-12(17)16-6-3-5-10(9-16)8-15-20(14,18)19/h10-11,15H,2-9,13H2,1H3,(H2,14,18,19). The maximum atomic E-state index is 12.1. The van der Waals surface area contributed by atoms with Crippen LogP contribution in [0.2, 0.25) is 0 Å². The summed E-state index contributed by atoms with van der Waals surface area (Å²) >= 11 is 0. The summed E-state index contributed by atoms with van der Waals surface area (Å²) in [7, 11) is -3.66. The lowest BCUT2D eigenvalue weighted by atomic mass is 9.97. The van der Waals surface area contributed by atoms with Crippen LogP contribution in [0, 0.1) is 5.92 Å². The number of carbonyl (C=O) groups is 1. The molecule has 1 aliphatic rings. The summed E-state index contributed by atoms with van der Waals surface area (Å²) in [5.41, 5.74) is 5.89. The minimum absolute atomic E-state index is 0.0613. The van der Waals surface area contributed by atoms with Crippen LogP contribution in [0.5, 0.6) is 0 Å². The Bertz CT molecular complexity index is 413. The second kappa shape index (κ2) is 7.92. The minimum Gasteiger partial charge on any atom is -0.342 e. The lowest BCUT2D eigenvalue weighted by Crippen LogP contribution is -2.45. The lowest BCUT2D eigenvalue weighted by Gasteiger charge is -2.33. The quantitative estimate of drug-likeness (QED) is 0.589. The van der Waals surface area contributed by atoms with Gasteiger partial charge >= 0.3 is 0 Å². The molecule has 2 atom stereocenters. The Kier molecular flexibility index (Phi) is 6.87. The van der Waals surface area contributed by atoms with Crippen molar-refractivity contribution in [3.8, 4) is 0 Å². The van der Waals surface area contributed by atoms with Gasteiger partial charge in [0.25, 0.3) is 10.2 Å². The van der Waals surface area contributed by atoms with E-state index in [0.29, 0.717) is 13.0 Å². The molecular weight excluding hydrogens is 280 g/mol. The van der Waals surface area contributed by atoms with E-state index >= 15 is 0 Å². The number of hydrogen-bond acceptors (Lipinski definition) is 4. The van der Waals surface area contributed by atoms with Gasteiger partial charge in [-0.25, -0.2) is 9.86 Å². The maximum absolute atomic E-state index is 12.1. The largest absolute Gasteiger partial charge is 0.342 e. The van der Waals surface area contributed by atoms with Crippen molar-refractivity contribution >= 4 is 16.1 Å². The first kappa shape index (κ1) is 17.4. The lowest BCUT2D eigenvalue weighted by molar-refractivity contribution is -0.133. The number of hydrogen-bond donors (Lipinski definition) is 3. The summed E-state index contributed by atoms with van der Waals surface area (Å²) in [5, 5.41) is 4.91. The zero-order chi connectivity index (χ0) is 15.2. The number of amides is 1. The fourth-order valence-electron chi connectivity index (χ4n) is 2.52. The fourth-order valence-corrected chi connectivity index (χ4v) is 2.99. The molecule has 2 unspecified atom stereocenters. The van der Waals surface area contributed by atoms with Gasteiger partial charge in [-0.3, -0.25) is 4.79 Å². The Morgan fingerprint density at radius 3 is 2.80 bits per heavy atom. The summed E-state index contributed by atoms with van der Waals surface area (Å²) in [4.78, 5) is 13.9. The molecule has 118 valence electrons. The summed E-state index contributed by atoms with van der Waals surface area (Å²) in [6.07, 6.45) is 3.95. The third-order valence-electron chi connectivity index (χ3n) is 3.54. The van der Waals surface area contributed by atoms with E-state index in [0.717, 1.165) is 32.2 Å². The molecule has 8 heteroatoms. The molecule has 0 spiro atoms. The van der Waals surface area contributed by atoms with Gasteiger partial charge < -0.3 is 10.6 Å². The second-order valence-electron chi connectivity index (χ2n) is 5.49. The van der Waals surface area contributed by atoms with Crippen molar-refractivity contribution < 1.29 is 13.2 Å². The molecule has 0 aromatic carbocycles. The van der Waals surface area contributed by atoms with Gasteiger partial charge in [0, 0.05) is 32.1 Å². The van der Waals surface area contributed by atoms with Gasteiger partial charge in [0.15, 0.2) is 0 Å². The number of rotatable bonds is 7. The molecule has 20 heavy (non-hydrogen) atoms. The van der Waals surface area contributed by atoms with E-state index in [1.165, 1.54) is 0 Å². The number of piperidine rings is 1. The highest BCUT2D eigenvalue weighted by atomic mass is 32.2. The van der Waals surface area contributed by atoms with Crippen molar-refractivity contribution in [1.29, 1.82) is 0 Å². The Morgan fingerprint density at radius 2 is 2.20 bits per heavy atom. The molecule has 1 aliphatic heterocycles. The Balaban J connectivity index is 2.41. The van der Waals surface area contributed by atoms with Crippen LogP contribution in [0.25, 0.3) is 0 Å². The van der Waals surface area contributed by atoms with Crippen molar-refractivity contribution in [3.05, 3.63) is 0 Å². The molecule has 1 fully saturated rings. The van der Waals surface area contributed by atoms with Crippen LogP contribution in [0.1, 0.15) is 39.0 Å². The van der Waals surface area contributed by atoms with Gasteiger partial charge in [-0.15, -0.1) is 0 Å². The smallest absolute Gasteiger partial charge is 0.274 e. The zero-order valence-electron chi connectivity index (χ0n) is 12.0. The molecule has 1 rings (SSSR count). The zero-order valence-corrected chi connectivity index (χ0v) is 12.9. The molecule has 1 heterocycles. The molecule has 7 nitrogen and oxygen atoms in total. The summed E-state index contributed by atoms with van der Waals surface area (Å²) in [5.74, 6) is 0.180. The first-order valence-corrected chi connectivity index (χ1v) is 8.67. The van der Waals surface area contributed by atoms with Crippen LogP contribution in [-0.4, -0.2) is 44.9 Å². The van der Waals surface area contributed by atoms with E-state index in [1.54, 1.807) is 4.90 Å². The van der Waals surface area contributed by atoms with Crippen LogP contribution in [-0.2, 0) is 15.0 Å². The second-order valence-corrected chi connectivity index (χ2v) is 6.87. The number of carbonyl (C=O) groups excluding carboxylic acids is 1. The number of nitrogens with one attached hydrogen (secondary N) is 1. The normalized spacial score (nSPS) is 21.8. The first-order chi connectivity index (χ1) is 9.31. The van der Waals surface area contributed by atoms with E-state index in [9.17, 15) is 13.2 Å². The number of nitrogens with zero attached hydrogens (tertiary/aromatic N) is 1. The third kappa shape index (κ3) is 6.65. The molecule has 0 aromatic heterocycles. The predicted molar refractivity (Wildman–Crippen MR) is 77.9 cm³/mol. The summed E-state index contributed by atoms with van der Waals surface area (Å²) in [6, 6.07) is -0.0876. The SMILES string of the molecule is CCCC(N)CC(=O)N1CCCC(CNS(N)(=O)=O)C1. The maximum Gasteiger partial charge on any atom is 0.274 e. The van der Waals surface area contributed by atoms with Gasteiger partial charge in [-0.1, -0.05) is 13.3 Å². The monoisotopic (exact) mass is 306 g/mol. The van der Waals surface area contributed by atoms with E-state index < -0.39 is 10.2 Å². The summed E-state index contributed by atoms with van der Waals surface area (Å²) in [6.45, 7) is 3.62. The van der Waals surface area contributed by atoms with Crippen molar-refractivity contribution in [1.82, 2.24) is 9.62 Å². The van der Waals surface area contributed by atoms with E-state index in [1.807, 2.05) is 6.92 Å². The molecular formula is C12H26N4O3S. The summed E-state index contributed by atoms with van der Waals surface area (Å²) < 4.78 is 24.1. The van der Waals surface area contributed by atoms with Gasteiger partial charge in [0.05, 0.1) is 0 Å². The number of likely N-dealkylation sites (tertiary alicyclic amines) is 1. The molecule has 0 aromatic rings. The highest BCUT2D eigenvalue weighted by molar-refractivity contribution is 7.87. The van der Waals surface area contributed by atoms with Crippen LogP contribution >= 0.6 is 0 Å².